The number of rotatable bonds is 1. The minimum absolute atomic E-state index is 0.133. The molecule has 0 amide bonds. The zero-order chi connectivity index (χ0) is 7.56. The molecule has 0 saturated carbocycles. The molecule has 10 heavy (non-hydrogen) atoms. The van der Waals surface area contributed by atoms with E-state index in [0.717, 1.165) is 13.1 Å². The van der Waals surface area contributed by atoms with Crippen molar-refractivity contribution in [3.63, 3.8) is 0 Å². The van der Waals surface area contributed by atoms with Crippen molar-refractivity contribution in [2.45, 2.75) is 19.8 Å². The first-order chi connectivity index (χ1) is 4.72. The minimum Gasteiger partial charge on any atom is -0.316 e. The molecule has 0 aliphatic carbocycles. The fourth-order valence-electron chi connectivity index (χ4n) is 1.41. The van der Waals surface area contributed by atoms with Gasteiger partial charge >= 0.3 is 0 Å². The molecular weight excluding hydrogens is 136 g/mol. The summed E-state index contributed by atoms with van der Waals surface area (Å²) in [6.45, 7) is 3.37. The summed E-state index contributed by atoms with van der Waals surface area (Å²) in [5.41, 5.74) is 0. The van der Waals surface area contributed by atoms with Crippen molar-refractivity contribution in [3.05, 3.63) is 0 Å². The van der Waals surface area contributed by atoms with E-state index in [2.05, 4.69) is 5.32 Å². The second-order valence-electron chi connectivity index (χ2n) is 2.97. The Hall–Kier alpha value is -0.180. The molecule has 1 heterocycles. The average Bonchev–Trinajstić information content (AvgIpc) is 1.88. The largest absolute Gasteiger partial charge is 0.316 e. The lowest BCUT2D eigenvalue weighted by atomic mass is 9.88. The maximum Gasteiger partial charge on any atom is 0.241 e. The summed E-state index contributed by atoms with van der Waals surface area (Å²) in [6, 6.07) is 0. The van der Waals surface area contributed by atoms with Gasteiger partial charge in [-0.15, -0.1) is 0 Å². The van der Waals surface area contributed by atoms with Crippen LogP contribution >= 0.6 is 0 Å². The van der Waals surface area contributed by atoms with Gasteiger partial charge < -0.3 is 5.32 Å². The van der Waals surface area contributed by atoms with E-state index in [-0.39, 0.29) is 11.8 Å². The number of nitrogens with one attached hydrogen (secondary N) is 1. The zero-order valence-corrected chi connectivity index (χ0v) is 6.11. The number of halogens is 2. The Kier molecular flexibility index (Phi) is 2.60. The third kappa shape index (κ3) is 1.66. The van der Waals surface area contributed by atoms with Crippen molar-refractivity contribution in [1.82, 2.24) is 5.32 Å². The van der Waals surface area contributed by atoms with Crippen LogP contribution < -0.4 is 5.32 Å². The lowest BCUT2D eigenvalue weighted by molar-refractivity contribution is 0.0323. The Balaban J connectivity index is 2.40. The Morgan fingerprint density at radius 2 is 2.20 bits per heavy atom. The molecule has 1 nitrogen and oxygen atoms in total. The van der Waals surface area contributed by atoms with Gasteiger partial charge in [0, 0.05) is 5.92 Å². The summed E-state index contributed by atoms with van der Waals surface area (Å²) in [5, 5.41) is 3.09. The van der Waals surface area contributed by atoms with Crippen LogP contribution in [0, 0.1) is 11.8 Å². The quantitative estimate of drug-likeness (QED) is 0.595. The first-order valence-electron chi connectivity index (χ1n) is 3.70. The molecule has 3 heteroatoms. The monoisotopic (exact) mass is 149 g/mol. The maximum absolute atomic E-state index is 12.1. The van der Waals surface area contributed by atoms with Crippen LogP contribution in [0.1, 0.15) is 13.3 Å². The van der Waals surface area contributed by atoms with E-state index in [0.29, 0.717) is 6.42 Å². The third-order valence-corrected chi connectivity index (χ3v) is 2.18. The van der Waals surface area contributed by atoms with Crippen molar-refractivity contribution in [1.29, 1.82) is 0 Å². The first kappa shape index (κ1) is 7.92. The van der Waals surface area contributed by atoms with E-state index in [4.69, 9.17) is 0 Å². The molecule has 0 bridgehead atoms. The van der Waals surface area contributed by atoms with Crippen LogP contribution in [0.3, 0.4) is 0 Å². The molecule has 2 atom stereocenters. The lowest BCUT2D eigenvalue weighted by Crippen LogP contribution is -2.38. The topological polar surface area (TPSA) is 12.0 Å². The average molecular weight is 149 g/mol. The van der Waals surface area contributed by atoms with E-state index in [1.807, 2.05) is 6.92 Å². The fourth-order valence-corrected chi connectivity index (χ4v) is 1.41. The standard InChI is InChI=1S/C7H13F2N/c1-5-4-10-3-2-6(5)7(8)9/h5-7,10H,2-4H2,1H3. The summed E-state index contributed by atoms with van der Waals surface area (Å²) in [5.74, 6) is -0.241. The van der Waals surface area contributed by atoms with Crippen LogP contribution in [0.5, 0.6) is 0 Å². The molecule has 1 fully saturated rings. The van der Waals surface area contributed by atoms with Gasteiger partial charge in [-0.3, -0.25) is 0 Å². The van der Waals surface area contributed by atoms with Crippen LogP contribution in [0.25, 0.3) is 0 Å². The molecule has 1 saturated heterocycles. The van der Waals surface area contributed by atoms with Crippen molar-refractivity contribution in [2.24, 2.45) is 11.8 Å². The van der Waals surface area contributed by atoms with E-state index < -0.39 is 6.43 Å². The Morgan fingerprint density at radius 3 is 2.60 bits per heavy atom. The van der Waals surface area contributed by atoms with Crippen LogP contribution in [0.4, 0.5) is 8.78 Å². The van der Waals surface area contributed by atoms with Gasteiger partial charge in [-0.2, -0.15) is 0 Å². The molecule has 2 unspecified atom stereocenters. The van der Waals surface area contributed by atoms with Crippen LogP contribution in [-0.2, 0) is 0 Å². The summed E-state index contributed by atoms with van der Waals surface area (Å²) < 4.78 is 24.3. The van der Waals surface area contributed by atoms with Gasteiger partial charge in [0.05, 0.1) is 0 Å². The lowest BCUT2D eigenvalue weighted by Gasteiger charge is -2.28. The Labute approximate surface area is 59.8 Å². The number of hydrogen-bond acceptors (Lipinski definition) is 1. The predicted molar refractivity (Wildman–Crippen MR) is 36.1 cm³/mol. The zero-order valence-electron chi connectivity index (χ0n) is 6.11. The van der Waals surface area contributed by atoms with Crippen LogP contribution in [0.2, 0.25) is 0 Å². The molecule has 60 valence electrons. The highest BCUT2D eigenvalue weighted by atomic mass is 19.3. The van der Waals surface area contributed by atoms with Gasteiger partial charge in [0.1, 0.15) is 0 Å². The highest BCUT2D eigenvalue weighted by molar-refractivity contribution is 4.76. The molecule has 0 aromatic carbocycles. The third-order valence-electron chi connectivity index (χ3n) is 2.18. The highest BCUT2D eigenvalue weighted by Gasteiger charge is 2.28. The van der Waals surface area contributed by atoms with Gasteiger partial charge in [0.2, 0.25) is 6.43 Å². The molecule has 0 spiro atoms. The molecule has 1 N–H and O–H groups in total. The van der Waals surface area contributed by atoms with Gasteiger partial charge in [-0.05, 0) is 25.4 Å². The molecule has 0 radical (unpaired) electrons. The van der Waals surface area contributed by atoms with Crippen molar-refractivity contribution in [3.8, 4) is 0 Å². The second-order valence-corrected chi connectivity index (χ2v) is 2.97. The van der Waals surface area contributed by atoms with Crippen LogP contribution in [-0.4, -0.2) is 19.5 Å². The summed E-state index contributed by atoms with van der Waals surface area (Å²) in [7, 11) is 0. The van der Waals surface area contributed by atoms with Gasteiger partial charge in [-0.1, -0.05) is 6.92 Å². The van der Waals surface area contributed by atoms with Crippen molar-refractivity contribution in [2.75, 3.05) is 13.1 Å². The molecule has 1 rings (SSSR count). The minimum atomic E-state index is -2.13. The van der Waals surface area contributed by atoms with Gasteiger partial charge in [0.15, 0.2) is 0 Å². The summed E-state index contributed by atoms with van der Waals surface area (Å²) in [4.78, 5) is 0. The number of hydrogen-bond donors (Lipinski definition) is 1. The van der Waals surface area contributed by atoms with E-state index >= 15 is 0 Å². The molecule has 0 aromatic heterocycles. The van der Waals surface area contributed by atoms with Crippen LogP contribution in [0.15, 0.2) is 0 Å². The summed E-state index contributed by atoms with van der Waals surface area (Å²) >= 11 is 0. The first-order valence-corrected chi connectivity index (χ1v) is 3.70. The smallest absolute Gasteiger partial charge is 0.241 e. The molecule has 1 aliphatic rings. The van der Waals surface area contributed by atoms with Gasteiger partial charge in [0.25, 0.3) is 0 Å². The van der Waals surface area contributed by atoms with E-state index in [9.17, 15) is 8.78 Å². The molecular formula is C7H13F2N. The second kappa shape index (κ2) is 3.28. The van der Waals surface area contributed by atoms with Gasteiger partial charge in [-0.25, -0.2) is 8.78 Å². The summed E-state index contributed by atoms with van der Waals surface area (Å²) in [6.07, 6.45) is -1.50. The fraction of sp³-hybridized carbons (Fsp3) is 1.00. The highest BCUT2D eigenvalue weighted by Crippen LogP contribution is 2.24. The number of piperidine rings is 1. The Morgan fingerprint density at radius 1 is 1.50 bits per heavy atom. The van der Waals surface area contributed by atoms with E-state index in [1.165, 1.54) is 0 Å². The van der Waals surface area contributed by atoms with E-state index in [1.54, 1.807) is 0 Å². The molecule has 0 aromatic rings. The molecule has 1 aliphatic heterocycles. The number of alkyl halides is 2. The predicted octanol–water partition coefficient (Wildman–Crippen LogP) is 1.50. The van der Waals surface area contributed by atoms with Crippen molar-refractivity contribution >= 4 is 0 Å². The SMILES string of the molecule is CC1CNCCC1C(F)F. The Bertz CT molecular complexity index is 106. The normalized spacial score (nSPS) is 34.8. The van der Waals surface area contributed by atoms with Crippen molar-refractivity contribution < 1.29 is 8.78 Å². The maximum atomic E-state index is 12.1.